The van der Waals surface area contributed by atoms with Gasteiger partial charge in [-0.05, 0) is 20.8 Å². The largest absolute Gasteiger partial charge is 1.00 e. The Morgan fingerprint density at radius 3 is 0.692 bits per heavy atom. The van der Waals surface area contributed by atoms with Gasteiger partial charge in [0.1, 0.15) is 0 Å². The fourth-order valence-corrected chi connectivity index (χ4v) is 0. The molecule has 6 nitrogen and oxygen atoms in total. The van der Waals surface area contributed by atoms with Crippen LogP contribution in [0.15, 0.2) is 0 Å². The van der Waals surface area contributed by atoms with Gasteiger partial charge in [-0.1, -0.05) is 0 Å². The molecule has 0 bridgehead atoms. The van der Waals surface area contributed by atoms with Crippen LogP contribution in [0.5, 0.6) is 0 Å². The average Bonchev–Trinajstić information content (AvgIpc) is 1.54. The van der Waals surface area contributed by atoms with Gasteiger partial charge >= 0.3 is 29.6 Å². The Balaban J connectivity index is -0.0000000450. The van der Waals surface area contributed by atoms with Crippen LogP contribution < -0.4 is 44.9 Å². The summed E-state index contributed by atoms with van der Waals surface area (Å²) in [6, 6.07) is 0. The molecule has 0 atom stereocenters. The Morgan fingerprint density at radius 1 is 0.692 bits per heavy atom. The number of carboxylic acid groups (broad SMARTS) is 3. The van der Waals surface area contributed by atoms with Crippen molar-refractivity contribution in [2.75, 3.05) is 0 Å². The number of carbonyl (C=O) groups is 3. The van der Waals surface area contributed by atoms with E-state index in [9.17, 15) is 0 Å². The molecule has 0 aliphatic carbocycles. The van der Waals surface area contributed by atoms with Crippen LogP contribution in [0.1, 0.15) is 20.8 Å². The zero-order valence-electron chi connectivity index (χ0n) is 7.95. The minimum absolute atomic E-state index is 0. The molecule has 0 spiro atoms. The van der Waals surface area contributed by atoms with Gasteiger partial charge in [0.15, 0.2) is 0 Å². The number of rotatable bonds is 0. The van der Waals surface area contributed by atoms with Crippen LogP contribution >= 0.6 is 0 Å². The van der Waals surface area contributed by atoms with Crippen molar-refractivity contribution >= 4 is 17.9 Å². The SMILES string of the molecule is CC(=O)[O-].CC(=O)[O-].CC(=O)[O-].[Na+]. The summed E-state index contributed by atoms with van der Waals surface area (Å²) in [4.78, 5) is 26.7. The molecule has 0 aromatic heterocycles. The maximum atomic E-state index is 8.89. The number of hydrogen-bond acceptors (Lipinski definition) is 6. The Bertz CT molecular complexity index is 115. The van der Waals surface area contributed by atoms with Crippen molar-refractivity contribution in [2.24, 2.45) is 0 Å². The standard InChI is InChI=1S/3C2H4O2.Na/c3*1-2(3)4;/h3*1H3,(H,3,4);/q;;;+1/p-3. The van der Waals surface area contributed by atoms with Gasteiger partial charge in [0, 0.05) is 17.9 Å². The van der Waals surface area contributed by atoms with Crippen LogP contribution in [0.2, 0.25) is 0 Å². The smallest absolute Gasteiger partial charge is 0.550 e. The minimum Gasteiger partial charge on any atom is -0.550 e. The molecule has 0 aliphatic heterocycles. The van der Waals surface area contributed by atoms with Crippen molar-refractivity contribution in [1.29, 1.82) is 0 Å². The van der Waals surface area contributed by atoms with Gasteiger partial charge in [0.05, 0.1) is 0 Å². The van der Waals surface area contributed by atoms with Gasteiger partial charge in [-0.2, -0.15) is 0 Å². The topological polar surface area (TPSA) is 120 Å². The van der Waals surface area contributed by atoms with Crippen molar-refractivity contribution in [3.8, 4) is 0 Å². The fourth-order valence-electron chi connectivity index (χ4n) is 0. The molecule has 0 unspecified atom stereocenters. The Kier molecular flexibility index (Phi) is 30.7. The van der Waals surface area contributed by atoms with Gasteiger partial charge in [-0.25, -0.2) is 0 Å². The number of aliphatic carboxylic acids is 3. The van der Waals surface area contributed by atoms with Crippen molar-refractivity contribution in [1.82, 2.24) is 0 Å². The molecule has 0 N–H and O–H groups in total. The quantitative estimate of drug-likeness (QED) is 0.358. The molecule has 0 saturated heterocycles. The van der Waals surface area contributed by atoms with Gasteiger partial charge in [0.2, 0.25) is 0 Å². The number of carboxylic acids is 3. The van der Waals surface area contributed by atoms with E-state index in [-0.39, 0.29) is 29.6 Å². The molecule has 0 rings (SSSR count). The van der Waals surface area contributed by atoms with E-state index in [1.54, 1.807) is 0 Å². The molecule has 0 heterocycles. The molecule has 72 valence electrons. The second-order valence-electron chi connectivity index (χ2n) is 1.47. The van der Waals surface area contributed by atoms with E-state index in [0.29, 0.717) is 0 Å². The van der Waals surface area contributed by atoms with Crippen molar-refractivity contribution < 1.29 is 59.3 Å². The minimum atomic E-state index is -1.08. The fraction of sp³-hybridized carbons (Fsp3) is 0.500. The first-order valence-electron chi connectivity index (χ1n) is 2.72. The first-order valence-corrected chi connectivity index (χ1v) is 2.72. The summed E-state index contributed by atoms with van der Waals surface area (Å²) in [5.74, 6) is -3.25. The summed E-state index contributed by atoms with van der Waals surface area (Å²) >= 11 is 0. The number of hydrogen-bond donors (Lipinski definition) is 0. The summed E-state index contributed by atoms with van der Waals surface area (Å²) in [7, 11) is 0. The van der Waals surface area contributed by atoms with Gasteiger partial charge in [-0.3, -0.25) is 0 Å². The zero-order chi connectivity index (χ0) is 10.7. The molecular formula is C6H9NaO6-2. The van der Waals surface area contributed by atoms with E-state index in [1.807, 2.05) is 0 Å². The zero-order valence-corrected chi connectivity index (χ0v) is 9.95. The van der Waals surface area contributed by atoms with Crippen LogP contribution in [0.3, 0.4) is 0 Å². The van der Waals surface area contributed by atoms with E-state index in [1.165, 1.54) is 0 Å². The first kappa shape index (κ1) is 22.8. The molecule has 0 aromatic rings. The second-order valence-corrected chi connectivity index (χ2v) is 1.47. The molecular weight excluding hydrogens is 191 g/mol. The predicted molar refractivity (Wildman–Crippen MR) is 32.0 cm³/mol. The van der Waals surface area contributed by atoms with E-state index in [0.717, 1.165) is 20.8 Å². The third-order valence-electron chi connectivity index (χ3n) is 0. The molecule has 0 aromatic carbocycles. The molecule has 0 aliphatic rings. The van der Waals surface area contributed by atoms with Crippen LogP contribution in [0.25, 0.3) is 0 Å². The normalized spacial score (nSPS) is 5.77. The van der Waals surface area contributed by atoms with E-state index in [4.69, 9.17) is 29.7 Å². The van der Waals surface area contributed by atoms with Crippen LogP contribution in [0.4, 0.5) is 0 Å². The summed E-state index contributed by atoms with van der Waals surface area (Å²) in [5, 5.41) is 26.7. The molecule has 7 heteroatoms. The molecule has 0 fully saturated rings. The first-order chi connectivity index (χ1) is 5.20. The van der Waals surface area contributed by atoms with Crippen LogP contribution in [-0.4, -0.2) is 17.9 Å². The van der Waals surface area contributed by atoms with Crippen molar-refractivity contribution in [2.45, 2.75) is 20.8 Å². The molecule has 0 radical (unpaired) electrons. The third kappa shape index (κ3) is 2900. The van der Waals surface area contributed by atoms with Gasteiger partial charge in [0.25, 0.3) is 0 Å². The van der Waals surface area contributed by atoms with Gasteiger partial charge in [-0.15, -0.1) is 0 Å². The summed E-state index contributed by atoms with van der Waals surface area (Å²) in [6.07, 6.45) is 0. The second kappa shape index (κ2) is 17.5. The van der Waals surface area contributed by atoms with Crippen molar-refractivity contribution in [3.63, 3.8) is 0 Å². The van der Waals surface area contributed by atoms with E-state index >= 15 is 0 Å². The summed E-state index contributed by atoms with van der Waals surface area (Å²) in [5.41, 5.74) is 0. The van der Waals surface area contributed by atoms with E-state index < -0.39 is 17.9 Å². The Labute approximate surface area is 97.9 Å². The summed E-state index contributed by atoms with van der Waals surface area (Å²) < 4.78 is 0. The molecule has 0 amide bonds. The predicted octanol–water partition coefficient (Wildman–Crippen LogP) is -6.73. The third-order valence-corrected chi connectivity index (χ3v) is 0. The molecule has 13 heavy (non-hydrogen) atoms. The maximum Gasteiger partial charge on any atom is 1.00 e. The van der Waals surface area contributed by atoms with Crippen LogP contribution in [0, 0.1) is 0 Å². The van der Waals surface area contributed by atoms with E-state index in [2.05, 4.69) is 0 Å². The average molecular weight is 200 g/mol. The van der Waals surface area contributed by atoms with Crippen LogP contribution in [-0.2, 0) is 14.4 Å². The van der Waals surface area contributed by atoms with Crippen molar-refractivity contribution in [3.05, 3.63) is 0 Å². The maximum absolute atomic E-state index is 8.89. The Morgan fingerprint density at radius 2 is 0.692 bits per heavy atom. The molecule has 0 saturated carbocycles. The Hall–Kier alpha value is -0.590. The summed E-state index contributed by atoms with van der Waals surface area (Å²) in [6.45, 7) is 2.92. The van der Waals surface area contributed by atoms with Gasteiger partial charge < -0.3 is 29.7 Å². The number of carbonyl (C=O) groups excluding carboxylic acids is 3. The monoisotopic (exact) mass is 200 g/mol.